The Balaban J connectivity index is -0.000000908. The molecule has 0 saturated carbocycles. The number of hydrogen-bond acceptors (Lipinski definition) is 9. The summed E-state index contributed by atoms with van der Waals surface area (Å²) in [6, 6.07) is 12.2. The van der Waals surface area contributed by atoms with E-state index < -0.39 is 5.97 Å². The first-order chi connectivity index (χ1) is 24.1. The van der Waals surface area contributed by atoms with Gasteiger partial charge in [-0.05, 0) is 62.4 Å². The number of allylic oxidation sites excluding steroid dienone is 5. The molecule has 0 aliphatic heterocycles. The number of ether oxygens (including phenoxy) is 2. The number of hydrogen-bond donors (Lipinski definition) is 4. The number of amides is 2. The summed E-state index contributed by atoms with van der Waals surface area (Å²) >= 11 is 0. The molecule has 1 atom stereocenters. The number of pyridine rings is 1. The van der Waals surface area contributed by atoms with Gasteiger partial charge < -0.3 is 31.6 Å². The van der Waals surface area contributed by atoms with Crippen molar-refractivity contribution in [3.05, 3.63) is 96.4 Å². The average molecular weight is 891 g/mol. The third-order valence-electron chi connectivity index (χ3n) is 6.42. The molecular formula is C39H61N5O6Pt. The molecule has 2 aromatic rings. The van der Waals surface area contributed by atoms with E-state index in [1.807, 2.05) is 51.1 Å². The van der Waals surface area contributed by atoms with Crippen LogP contribution in [0.25, 0.3) is 5.57 Å². The van der Waals surface area contributed by atoms with Gasteiger partial charge in [0.1, 0.15) is 6.61 Å². The SMILES string of the molecule is C=C/C=C(\C=C/C)c1ccc(C)cc1.CC.CCOC(=O)[C@H](C)CCNC(=O)CCC(=O)OCCNC(=O)CCc1ccncc1.NCCN.[Pt]. The van der Waals surface area contributed by atoms with E-state index >= 15 is 0 Å². The number of rotatable bonds is 18. The van der Waals surface area contributed by atoms with E-state index in [4.69, 9.17) is 20.9 Å². The predicted octanol–water partition coefficient (Wildman–Crippen LogP) is 5.23. The van der Waals surface area contributed by atoms with E-state index in [9.17, 15) is 19.2 Å². The fourth-order valence-electron chi connectivity index (χ4n) is 3.76. The second kappa shape index (κ2) is 35.9. The summed E-state index contributed by atoms with van der Waals surface area (Å²) in [5, 5.41) is 5.34. The average Bonchev–Trinajstić information content (AvgIpc) is 3.13. The number of esters is 2. The molecular weight excluding hydrogens is 830 g/mol. The van der Waals surface area contributed by atoms with Gasteiger partial charge in [-0.15, -0.1) is 0 Å². The first-order valence-corrected chi connectivity index (χ1v) is 17.3. The topological polar surface area (TPSA) is 176 Å². The van der Waals surface area contributed by atoms with Crippen molar-refractivity contribution in [2.75, 3.05) is 39.4 Å². The smallest absolute Gasteiger partial charge is 0.308 e. The van der Waals surface area contributed by atoms with Gasteiger partial charge in [-0.3, -0.25) is 24.2 Å². The molecule has 1 heterocycles. The maximum Gasteiger partial charge on any atom is 0.308 e. The number of carbonyl (C=O) groups excluding carboxylic acids is 4. The zero-order chi connectivity index (χ0) is 38.0. The van der Waals surface area contributed by atoms with Crippen molar-refractivity contribution in [1.29, 1.82) is 0 Å². The number of nitrogens with zero attached hydrogens (tertiary/aromatic N) is 1. The first-order valence-electron chi connectivity index (χ1n) is 17.3. The number of carbonyl (C=O) groups is 4. The molecule has 0 bridgehead atoms. The fraction of sp³-hybridized carbons (Fsp3) is 0.462. The van der Waals surface area contributed by atoms with Crippen molar-refractivity contribution in [3.8, 4) is 0 Å². The van der Waals surface area contributed by atoms with Crippen LogP contribution in [0.5, 0.6) is 0 Å². The monoisotopic (exact) mass is 890 g/mol. The van der Waals surface area contributed by atoms with Crippen LogP contribution in [-0.2, 0) is 56.1 Å². The number of nitrogens with one attached hydrogen (secondary N) is 2. The number of aromatic nitrogens is 1. The summed E-state index contributed by atoms with van der Waals surface area (Å²) in [4.78, 5) is 50.6. The summed E-state index contributed by atoms with van der Waals surface area (Å²) in [6.07, 6.45) is 12.7. The zero-order valence-electron chi connectivity index (χ0n) is 31.4. The largest absolute Gasteiger partial charge is 0.466 e. The van der Waals surface area contributed by atoms with E-state index in [0.717, 1.165) is 5.56 Å². The zero-order valence-corrected chi connectivity index (χ0v) is 33.6. The molecule has 12 heteroatoms. The third kappa shape index (κ3) is 29.5. The third-order valence-corrected chi connectivity index (χ3v) is 6.42. The summed E-state index contributed by atoms with van der Waals surface area (Å²) in [6.45, 7) is 17.4. The van der Waals surface area contributed by atoms with Crippen LogP contribution >= 0.6 is 0 Å². The maximum atomic E-state index is 11.8. The van der Waals surface area contributed by atoms with Crippen LogP contribution in [-0.4, -0.2) is 68.1 Å². The van der Waals surface area contributed by atoms with Crippen LogP contribution in [0.15, 0.2) is 79.7 Å². The van der Waals surface area contributed by atoms with Crippen molar-refractivity contribution in [2.45, 2.75) is 73.6 Å². The van der Waals surface area contributed by atoms with Crippen LogP contribution in [0, 0.1) is 12.8 Å². The minimum Gasteiger partial charge on any atom is -0.466 e. The second-order valence-corrected chi connectivity index (χ2v) is 10.5. The molecule has 51 heavy (non-hydrogen) atoms. The van der Waals surface area contributed by atoms with Crippen molar-refractivity contribution in [2.24, 2.45) is 17.4 Å². The molecule has 0 saturated heterocycles. The van der Waals surface area contributed by atoms with E-state index in [1.54, 1.807) is 26.2 Å². The summed E-state index contributed by atoms with van der Waals surface area (Å²) in [7, 11) is 0. The van der Waals surface area contributed by atoms with E-state index in [2.05, 4.69) is 59.5 Å². The van der Waals surface area contributed by atoms with Gasteiger partial charge in [-0.25, -0.2) is 0 Å². The van der Waals surface area contributed by atoms with Gasteiger partial charge in [-0.1, -0.05) is 81.5 Å². The van der Waals surface area contributed by atoms with E-state index in [1.165, 1.54) is 16.7 Å². The second-order valence-electron chi connectivity index (χ2n) is 10.5. The Morgan fingerprint density at radius 2 is 1.49 bits per heavy atom. The molecule has 6 N–H and O–H groups in total. The Morgan fingerprint density at radius 1 is 0.902 bits per heavy atom. The van der Waals surface area contributed by atoms with Crippen molar-refractivity contribution >= 4 is 29.3 Å². The minimum atomic E-state index is -0.504. The van der Waals surface area contributed by atoms with Crippen molar-refractivity contribution in [1.82, 2.24) is 15.6 Å². The summed E-state index contributed by atoms with van der Waals surface area (Å²) < 4.78 is 9.90. The normalized spacial score (nSPS) is 10.6. The van der Waals surface area contributed by atoms with Crippen LogP contribution in [0.3, 0.4) is 0 Å². The van der Waals surface area contributed by atoms with Gasteiger partial charge in [0.25, 0.3) is 0 Å². The Morgan fingerprint density at radius 3 is 2.04 bits per heavy atom. The van der Waals surface area contributed by atoms with E-state index in [-0.39, 0.29) is 70.8 Å². The molecule has 0 fully saturated rings. The Hall–Kier alpha value is -3.92. The summed E-state index contributed by atoms with van der Waals surface area (Å²) in [5.74, 6) is -1.50. The quantitative estimate of drug-likeness (QED) is 0.0888. The van der Waals surface area contributed by atoms with Gasteiger partial charge in [0.15, 0.2) is 0 Å². The van der Waals surface area contributed by atoms with Gasteiger partial charge in [-0.2, -0.15) is 0 Å². The van der Waals surface area contributed by atoms with Gasteiger partial charge >= 0.3 is 11.9 Å². The molecule has 0 unspecified atom stereocenters. The fourth-order valence-corrected chi connectivity index (χ4v) is 3.76. The molecule has 0 aliphatic rings. The van der Waals surface area contributed by atoms with Crippen LogP contribution in [0.4, 0.5) is 0 Å². The van der Waals surface area contributed by atoms with Gasteiger partial charge in [0.2, 0.25) is 11.8 Å². The molecule has 0 spiro atoms. The molecule has 0 aliphatic carbocycles. The standard InChI is InChI=1S/C21H31N3O6.C14H16.C2H8N2.C2H6.Pt/c1-3-29-21(28)16(2)8-13-23-19(26)6-7-20(27)30-15-14-24-18(25)5-4-17-9-11-22-12-10-17;1-4-6-13(7-5-2)14-10-8-12(3)9-11-14;3-1-2-4;1-2;/h9-12,16H,3-8,13-15H2,1-2H3,(H,23,26)(H,24,25);4-11H,1H2,2-3H3;1-4H2;1-2H3;/b;7-5-,13-6+;;;/t16-;;;;/m1..../s1. The molecule has 11 nitrogen and oxygen atoms in total. The molecule has 2 amide bonds. The van der Waals surface area contributed by atoms with Crippen LogP contribution in [0.1, 0.15) is 77.0 Å². The summed E-state index contributed by atoms with van der Waals surface area (Å²) in [5.41, 5.74) is 14.5. The minimum absolute atomic E-state index is 0. The van der Waals surface area contributed by atoms with Crippen LogP contribution < -0.4 is 22.1 Å². The molecule has 0 radical (unpaired) electrons. The Labute approximate surface area is 320 Å². The predicted molar refractivity (Wildman–Crippen MR) is 203 cm³/mol. The van der Waals surface area contributed by atoms with Crippen molar-refractivity contribution < 1.29 is 49.7 Å². The Kier molecular flexibility index (Phi) is 36.2. The molecule has 1 aromatic heterocycles. The van der Waals surface area contributed by atoms with Gasteiger partial charge in [0, 0.05) is 65.9 Å². The number of nitrogens with two attached hydrogens (primary N) is 2. The number of aryl methyl sites for hydroxylation is 2. The molecule has 288 valence electrons. The molecule has 1 aromatic carbocycles. The van der Waals surface area contributed by atoms with E-state index in [0.29, 0.717) is 45.5 Å². The maximum absolute atomic E-state index is 11.8. The van der Waals surface area contributed by atoms with Gasteiger partial charge in [0.05, 0.1) is 25.5 Å². The van der Waals surface area contributed by atoms with Crippen LogP contribution in [0.2, 0.25) is 0 Å². The Bertz CT molecular complexity index is 1270. The van der Waals surface area contributed by atoms with Crippen molar-refractivity contribution in [3.63, 3.8) is 0 Å². The molecule has 2 rings (SSSR count). The number of benzene rings is 1. The first kappa shape index (κ1) is 51.4.